The first-order chi connectivity index (χ1) is 16.4. The van der Waals surface area contributed by atoms with Gasteiger partial charge in [-0.05, 0) is 86.1 Å². The second-order valence-corrected chi connectivity index (χ2v) is 12.3. The summed E-state index contributed by atoms with van der Waals surface area (Å²) < 4.78 is 14.6. The van der Waals surface area contributed by atoms with Gasteiger partial charge in [-0.2, -0.15) is 0 Å². The SMILES string of the molecule is C[C@]12CC/C(=N\OC3CCNC3)C(c3ccccc3)C1CCC1C2CC[C@]2(C)C(=O)C(F)CC12. The number of nitrogens with one attached hydrogen (secondary N) is 1. The molecule has 1 saturated heterocycles. The van der Waals surface area contributed by atoms with Crippen molar-refractivity contribution < 1.29 is 14.0 Å². The molecule has 1 aromatic carbocycles. The zero-order chi connectivity index (χ0) is 23.5. The van der Waals surface area contributed by atoms with Gasteiger partial charge in [-0.25, -0.2) is 4.39 Å². The average Bonchev–Trinajstić information content (AvgIpc) is 3.45. The fraction of sp³-hybridized carbons (Fsp3) is 0.724. The zero-order valence-corrected chi connectivity index (χ0v) is 20.6. The van der Waals surface area contributed by atoms with Crippen molar-refractivity contribution in [2.45, 2.75) is 83.4 Å². The minimum absolute atomic E-state index is 0.109. The highest BCUT2D eigenvalue weighted by molar-refractivity contribution is 5.92. The van der Waals surface area contributed by atoms with Gasteiger partial charge in [0, 0.05) is 24.3 Å². The maximum Gasteiger partial charge on any atom is 0.173 e. The molecule has 4 aliphatic carbocycles. The highest BCUT2D eigenvalue weighted by Gasteiger charge is 2.63. The number of carbonyl (C=O) groups excluding carboxylic acids is 1. The van der Waals surface area contributed by atoms with Gasteiger partial charge in [0.05, 0.1) is 5.71 Å². The van der Waals surface area contributed by atoms with Gasteiger partial charge in [0.2, 0.25) is 0 Å². The van der Waals surface area contributed by atoms with Crippen molar-refractivity contribution in [3.8, 4) is 0 Å². The van der Waals surface area contributed by atoms with E-state index in [4.69, 9.17) is 9.99 Å². The molecule has 1 N–H and O–H groups in total. The number of alkyl halides is 1. The Morgan fingerprint density at radius 3 is 2.62 bits per heavy atom. The molecule has 0 spiro atoms. The van der Waals surface area contributed by atoms with Crippen LogP contribution in [0.1, 0.15) is 76.7 Å². The Labute approximate surface area is 203 Å². The van der Waals surface area contributed by atoms with Crippen molar-refractivity contribution in [2.75, 3.05) is 13.1 Å². The van der Waals surface area contributed by atoms with Crippen molar-refractivity contribution in [2.24, 2.45) is 39.7 Å². The lowest BCUT2D eigenvalue weighted by atomic mass is 9.43. The van der Waals surface area contributed by atoms with E-state index in [1.807, 2.05) is 0 Å². The fourth-order valence-corrected chi connectivity index (χ4v) is 8.99. The molecule has 5 fully saturated rings. The van der Waals surface area contributed by atoms with Gasteiger partial charge in [-0.3, -0.25) is 4.79 Å². The third-order valence-corrected chi connectivity index (χ3v) is 10.8. The minimum Gasteiger partial charge on any atom is -0.391 e. The Hall–Kier alpha value is -1.75. The third kappa shape index (κ3) is 3.40. The molecule has 1 aliphatic heterocycles. The molecule has 184 valence electrons. The summed E-state index contributed by atoms with van der Waals surface area (Å²) in [6, 6.07) is 10.9. The van der Waals surface area contributed by atoms with Gasteiger partial charge >= 0.3 is 0 Å². The lowest BCUT2D eigenvalue weighted by Gasteiger charge is -2.61. The molecule has 5 heteroatoms. The smallest absolute Gasteiger partial charge is 0.173 e. The Morgan fingerprint density at radius 2 is 1.85 bits per heavy atom. The summed E-state index contributed by atoms with van der Waals surface area (Å²) in [5, 5.41) is 8.18. The van der Waals surface area contributed by atoms with Crippen molar-refractivity contribution in [3.63, 3.8) is 0 Å². The molecule has 34 heavy (non-hydrogen) atoms. The van der Waals surface area contributed by atoms with E-state index in [2.05, 4.69) is 49.5 Å². The van der Waals surface area contributed by atoms with Crippen molar-refractivity contribution in [3.05, 3.63) is 35.9 Å². The van der Waals surface area contributed by atoms with Gasteiger partial charge in [0.15, 0.2) is 12.0 Å². The second-order valence-electron chi connectivity index (χ2n) is 12.3. The summed E-state index contributed by atoms with van der Waals surface area (Å²) in [5.74, 6) is 1.94. The van der Waals surface area contributed by atoms with E-state index in [0.717, 1.165) is 58.0 Å². The van der Waals surface area contributed by atoms with E-state index in [1.165, 1.54) is 11.3 Å². The molecule has 0 bridgehead atoms. The summed E-state index contributed by atoms with van der Waals surface area (Å²) in [5.41, 5.74) is 2.31. The lowest BCUT2D eigenvalue weighted by Crippen LogP contribution is -2.55. The van der Waals surface area contributed by atoms with Crippen LogP contribution in [0.15, 0.2) is 35.5 Å². The number of hydrogen-bond acceptors (Lipinski definition) is 4. The highest BCUT2D eigenvalue weighted by Crippen LogP contribution is 2.67. The molecule has 5 aliphatic rings. The standard InChI is InChI=1S/C29H39FN2O2/c1-28-14-11-25(32-34-19-12-15-31-17-19)26(18-6-4-3-5-7-18)22(28)9-8-20-21(28)10-13-29(2)23(20)16-24(30)27(29)33/h3-7,19-24,26,31H,8-17H2,1-2H3/b32-25+/t19?,20?,21?,22?,23?,24?,26?,28-,29+/m1/s1. The Bertz CT molecular complexity index is 960. The van der Waals surface area contributed by atoms with Crippen LogP contribution in [0.3, 0.4) is 0 Å². The van der Waals surface area contributed by atoms with Crippen LogP contribution in [0.2, 0.25) is 0 Å². The molecule has 0 radical (unpaired) electrons. The Morgan fingerprint density at radius 1 is 1.03 bits per heavy atom. The molecule has 7 unspecified atom stereocenters. The van der Waals surface area contributed by atoms with E-state index in [-0.39, 0.29) is 29.1 Å². The number of ketones is 1. The number of oxime groups is 1. The van der Waals surface area contributed by atoms with E-state index < -0.39 is 11.6 Å². The molecule has 0 aromatic heterocycles. The van der Waals surface area contributed by atoms with E-state index in [9.17, 15) is 9.18 Å². The predicted molar refractivity (Wildman–Crippen MR) is 131 cm³/mol. The number of nitrogens with zero attached hydrogens (tertiary/aromatic N) is 1. The van der Waals surface area contributed by atoms with Crippen LogP contribution in [0.5, 0.6) is 0 Å². The van der Waals surface area contributed by atoms with Gasteiger partial charge < -0.3 is 10.2 Å². The predicted octanol–water partition coefficient (Wildman–Crippen LogP) is 5.67. The number of carbonyl (C=O) groups is 1. The minimum atomic E-state index is -1.25. The van der Waals surface area contributed by atoms with Crippen molar-refractivity contribution in [1.29, 1.82) is 0 Å². The third-order valence-electron chi connectivity index (χ3n) is 10.8. The normalized spacial score (nSPS) is 47.2. The number of Topliss-reactive ketones (excluding diaryl/α,β-unsaturated/α-hetero) is 1. The van der Waals surface area contributed by atoms with Gasteiger partial charge in [-0.15, -0.1) is 0 Å². The lowest BCUT2D eigenvalue weighted by molar-refractivity contribution is -0.139. The summed E-state index contributed by atoms with van der Waals surface area (Å²) >= 11 is 0. The fourth-order valence-electron chi connectivity index (χ4n) is 8.99. The quantitative estimate of drug-likeness (QED) is 0.584. The monoisotopic (exact) mass is 466 g/mol. The maximum atomic E-state index is 14.6. The molecule has 9 atom stereocenters. The number of hydrogen-bond donors (Lipinski definition) is 1. The van der Waals surface area contributed by atoms with Crippen LogP contribution in [0, 0.1) is 34.5 Å². The van der Waals surface area contributed by atoms with Crippen LogP contribution >= 0.6 is 0 Å². The molecular weight excluding hydrogens is 427 g/mol. The topological polar surface area (TPSA) is 50.7 Å². The maximum absolute atomic E-state index is 14.6. The highest BCUT2D eigenvalue weighted by atomic mass is 19.1. The van der Waals surface area contributed by atoms with Gasteiger partial charge in [-0.1, -0.05) is 49.3 Å². The first-order valence-electron chi connectivity index (χ1n) is 13.6. The first kappa shape index (κ1) is 22.7. The largest absolute Gasteiger partial charge is 0.391 e. The number of benzene rings is 1. The van der Waals surface area contributed by atoms with Crippen molar-refractivity contribution in [1.82, 2.24) is 5.32 Å². The number of rotatable bonds is 3. The molecule has 6 rings (SSSR count). The summed E-state index contributed by atoms with van der Waals surface area (Å²) in [4.78, 5) is 18.8. The summed E-state index contributed by atoms with van der Waals surface area (Å²) in [7, 11) is 0. The van der Waals surface area contributed by atoms with E-state index in [1.54, 1.807) is 0 Å². The molecular formula is C29H39FN2O2. The van der Waals surface area contributed by atoms with Crippen LogP contribution in [0.4, 0.5) is 4.39 Å². The van der Waals surface area contributed by atoms with Crippen molar-refractivity contribution >= 4 is 11.5 Å². The number of fused-ring (bicyclic) bond motifs is 5. The van der Waals surface area contributed by atoms with E-state index >= 15 is 0 Å². The summed E-state index contributed by atoms with van der Waals surface area (Å²) in [6.07, 6.45) is 6.62. The molecule has 1 heterocycles. The Kier molecular flexibility index (Phi) is 5.63. The first-order valence-corrected chi connectivity index (χ1v) is 13.6. The number of halogens is 1. The molecule has 1 aromatic rings. The van der Waals surface area contributed by atoms with Crippen LogP contribution in [-0.2, 0) is 9.63 Å². The molecule has 0 amide bonds. The second kappa shape index (κ2) is 8.43. The van der Waals surface area contributed by atoms with E-state index in [0.29, 0.717) is 24.2 Å². The average molecular weight is 467 g/mol. The Balaban J connectivity index is 1.32. The molecule has 4 saturated carbocycles. The van der Waals surface area contributed by atoms with Crippen LogP contribution in [-0.4, -0.2) is 36.9 Å². The van der Waals surface area contributed by atoms with Gasteiger partial charge in [0.1, 0.15) is 6.10 Å². The van der Waals surface area contributed by atoms with Crippen LogP contribution < -0.4 is 5.32 Å². The zero-order valence-electron chi connectivity index (χ0n) is 20.6. The van der Waals surface area contributed by atoms with Gasteiger partial charge in [0.25, 0.3) is 0 Å². The summed E-state index contributed by atoms with van der Waals surface area (Å²) in [6.45, 7) is 6.46. The molecule has 4 nitrogen and oxygen atoms in total. The van der Waals surface area contributed by atoms with Crippen LogP contribution in [0.25, 0.3) is 0 Å².